The van der Waals surface area contributed by atoms with E-state index in [2.05, 4.69) is 42.6 Å². The summed E-state index contributed by atoms with van der Waals surface area (Å²) in [6.45, 7) is 11.6. The SMILES string of the molecule is CCC(C)(C)[C@@H]1CCc2sc3ncnc(N4CCN(C)CC4)c3c2C1. The third kappa shape index (κ3) is 3.06. The van der Waals surface area contributed by atoms with Crippen molar-refractivity contribution in [3.63, 3.8) is 0 Å². The molecular formula is C20H30N4S. The van der Waals surface area contributed by atoms with Crippen LogP contribution in [-0.2, 0) is 12.8 Å². The fraction of sp³-hybridized carbons (Fsp3) is 0.700. The van der Waals surface area contributed by atoms with Gasteiger partial charge in [-0.15, -0.1) is 11.3 Å². The number of piperazine rings is 1. The minimum atomic E-state index is 0.412. The molecule has 1 aliphatic heterocycles. The maximum Gasteiger partial charge on any atom is 0.141 e. The predicted molar refractivity (Wildman–Crippen MR) is 107 cm³/mol. The normalized spacial score (nSPS) is 22.4. The highest BCUT2D eigenvalue weighted by Crippen LogP contribution is 2.46. The molecule has 0 N–H and O–H groups in total. The Morgan fingerprint density at radius 3 is 2.68 bits per heavy atom. The van der Waals surface area contributed by atoms with Crippen LogP contribution in [0.5, 0.6) is 0 Å². The molecule has 0 unspecified atom stereocenters. The van der Waals surface area contributed by atoms with Crippen molar-refractivity contribution in [3.8, 4) is 0 Å². The number of rotatable bonds is 3. The van der Waals surface area contributed by atoms with Crippen LogP contribution in [0.3, 0.4) is 0 Å². The average Bonchev–Trinajstić information content (AvgIpc) is 3.00. The second kappa shape index (κ2) is 6.51. The molecule has 25 heavy (non-hydrogen) atoms. The van der Waals surface area contributed by atoms with Crippen molar-refractivity contribution in [1.29, 1.82) is 0 Å². The van der Waals surface area contributed by atoms with Crippen LogP contribution in [0.2, 0.25) is 0 Å². The topological polar surface area (TPSA) is 32.3 Å². The van der Waals surface area contributed by atoms with Crippen LogP contribution in [0.15, 0.2) is 6.33 Å². The number of nitrogens with zero attached hydrogens (tertiary/aromatic N) is 4. The Morgan fingerprint density at radius 1 is 1.20 bits per heavy atom. The number of thiophene rings is 1. The maximum absolute atomic E-state index is 4.75. The fourth-order valence-electron chi connectivity index (χ4n) is 4.31. The third-order valence-corrected chi connectivity index (χ3v) is 7.84. The van der Waals surface area contributed by atoms with Gasteiger partial charge >= 0.3 is 0 Å². The van der Waals surface area contributed by atoms with Crippen LogP contribution in [0.4, 0.5) is 5.82 Å². The number of aromatic nitrogens is 2. The lowest BCUT2D eigenvalue weighted by atomic mass is 9.69. The van der Waals surface area contributed by atoms with Gasteiger partial charge in [-0.05, 0) is 43.2 Å². The Kier molecular flexibility index (Phi) is 4.49. The van der Waals surface area contributed by atoms with Gasteiger partial charge in [0.1, 0.15) is 17.0 Å². The lowest BCUT2D eigenvalue weighted by molar-refractivity contribution is 0.184. The maximum atomic E-state index is 4.75. The summed E-state index contributed by atoms with van der Waals surface area (Å²) in [4.78, 5) is 17.0. The van der Waals surface area contributed by atoms with Gasteiger partial charge in [0.15, 0.2) is 0 Å². The number of anilines is 1. The summed E-state index contributed by atoms with van der Waals surface area (Å²) >= 11 is 1.91. The van der Waals surface area contributed by atoms with Gasteiger partial charge in [0.2, 0.25) is 0 Å². The molecule has 4 nitrogen and oxygen atoms in total. The van der Waals surface area contributed by atoms with Gasteiger partial charge < -0.3 is 9.80 Å². The van der Waals surface area contributed by atoms with Crippen LogP contribution >= 0.6 is 11.3 Å². The summed E-state index contributed by atoms with van der Waals surface area (Å²) in [7, 11) is 2.21. The van der Waals surface area contributed by atoms with Crippen LogP contribution in [-0.4, -0.2) is 48.1 Å². The Morgan fingerprint density at radius 2 is 1.96 bits per heavy atom. The monoisotopic (exact) mass is 358 g/mol. The zero-order valence-electron chi connectivity index (χ0n) is 16.0. The molecule has 0 radical (unpaired) electrons. The number of hydrogen-bond acceptors (Lipinski definition) is 5. The number of aryl methyl sites for hydroxylation is 1. The van der Waals surface area contributed by atoms with Gasteiger partial charge in [0.25, 0.3) is 0 Å². The molecule has 0 aromatic carbocycles. The van der Waals surface area contributed by atoms with E-state index in [1.54, 1.807) is 16.8 Å². The lowest BCUT2D eigenvalue weighted by Gasteiger charge is -2.37. The Bertz CT molecular complexity index is 758. The molecule has 0 saturated carbocycles. The first-order valence-electron chi connectivity index (χ1n) is 9.68. The van der Waals surface area contributed by atoms with Crippen molar-refractivity contribution in [2.45, 2.75) is 46.5 Å². The first kappa shape index (κ1) is 17.2. The quantitative estimate of drug-likeness (QED) is 0.831. The zero-order valence-corrected chi connectivity index (χ0v) is 16.8. The Labute approximate surface area is 155 Å². The van der Waals surface area contributed by atoms with E-state index in [-0.39, 0.29) is 0 Å². The lowest BCUT2D eigenvalue weighted by Crippen LogP contribution is -2.45. The molecule has 136 valence electrons. The number of hydrogen-bond donors (Lipinski definition) is 0. The largest absolute Gasteiger partial charge is 0.353 e. The molecule has 2 aromatic heterocycles. The summed E-state index contributed by atoms with van der Waals surface area (Å²) in [5, 5.41) is 1.36. The first-order chi connectivity index (χ1) is 12.0. The van der Waals surface area contributed by atoms with Gasteiger partial charge in [-0.2, -0.15) is 0 Å². The molecule has 4 rings (SSSR count). The van der Waals surface area contributed by atoms with E-state index >= 15 is 0 Å². The van der Waals surface area contributed by atoms with E-state index in [1.807, 2.05) is 11.3 Å². The first-order valence-corrected chi connectivity index (χ1v) is 10.5. The molecule has 5 heteroatoms. The van der Waals surface area contributed by atoms with Crippen LogP contribution in [0.25, 0.3) is 10.2 Å². The molecule has 0 amide bonds. The van der Waals surface area contributed by atoms with Gasteiger partial charge in [-0.1, -0.05) is 27.2 Å². The van der Waals surface area contributed by atoms with Gasteiger partial charge in [0.05, 0.1) is 5.39 Å². The van der Waals surface area contributed by atoms with E-state index in [1.165, 1.54) is 41.7 Å². The molecule has 1 saturated heterocycles. The summed E-state index contributed by atoms with van der Waals surface area (Å²) in [5.41, 5.74) is 1.97. The van der Waals surface area contributed by atoms with E-state index in [0.29, 0.717) is 5.41 Å². The van der Waals surface area contributed by atoms with Crippen molar-refractivity contribution in [2.75, 3.05) is 38.1 Å². The van der Waals surface area contributed by atoms with Gasteiger partial charge in [0, 0.05) is 31.1 Å². The van der Waals surface area contributed by atoms with Crippen LogP contribution in [0.1, 0.15) is 44.1 Å². The molecule has 2 aliphatic rings. The zero-order chi connectivity index (χ0) is 17.6. The Hall–Kier alpha value is -1.20. The van der Waals surface area contributed by atoms with Crippen molar-refractivity contribution in [2.24, 2.45) is 11.3 Å². The second-order valence-electron chi connectivity index (χ2n) is 8.45. The molecule has 0 bridgehead atoms. The van der Waals surface area contributed by atoms with E-state index in [0.717, 1.165) is 32.1 Å². The van der Waals surface area contributed by atoms with Crippen molar-refractivity contribution >= 4 is 27.4 Å². The molecule has 1 atom stereocenters. The van der Waals surface area contributed by atoms with Crippen molar-refractivity contribution in [1.82, 2.24) is 14.9 Å². The summed E-state index contributed by atoms with van der Waals surface area (Å²) in [6, 6.07) is 0. The fourth-order valence-corrected chi connectivity index (χ4v) is 5.48. The average molecular weight is 359 g/mol. The Balaban J connectivity index is 1.74. The van der Waals surface area contributed by atoms with Crippen LogP contribution < -0.4 is 4.90 Å². The summed E-state index contributed by atoms with van der Waals surface area (Å²) in [6.07, 6.45) is 6.75. The van der Waals surface area contributed by atoms with E-state index in [4.69, 9.17) is 4.98 Å². The van der Waals surface area contributed by atoms with Gasteiger partial charge in [-0.3, -0.25) is 0 Å². The summed E-state index contributed by atoms with van der Waals surface area (Å²) in [5.74, 6) is 1.95. The smallest absolute Gasteiger partial charge is 0.141 e. The molecule has 0 spiro atoms. The standard InChI is InChI=1S/C20H30N4S/c1-5-20(2,3)14-6-7-16-15(12-14)17-18(21-13-22-19(17)25-16)24-10-8-23(4)9-11-24/h13-14H,5-12H2,1-4H3/t14-/m1/s1. The van der Waals surface area contributed by atoms with E-state index in [9.17, 15) is 0 Å². The predicted octanol–water partition coefficient (Wildman–Crippen LogP) is 3.98. The number of fused-ring (bicyclic) bond motifs is 3. The van der Waals surface area contributed by atoms with Crippen LogP contribution in [0, 0.1) is 11.3 Å². The highest BCUT2D eigenvalue weighted by atomic mass is 32.1. The molecule has 3 heterocycles. The van der Waals surface area contributed by atoms with Crippen molar-refractivity contribution in [3.05, 3.63) is 16.8 Å². The second-order valence-corrected chi connectivity index (χ2v) is 9.54. The summed E-state index contributed by atoms with van der Waals surface area (Å²) < 4.78 is 0. The molecule has 1 fully saturated rings. The molecule has 2 aromatic rings. The molecular weight excluding hydrogens is 328 g/mol. The highest BCUT2D eigenvalue weighted by Gasteiger charge is 2.34. The highest BCUT2D eigenvalue weighted by molar-refractivity contribution is 7.19. The van der Waals surface area contributed by atoms with E-state index < -0.39 is 0 Å². The molecule has 1 aliphatic carbocycles. The van der Waals surface area contributed by atoms with Gasteiger partial charge in [-0.25, -0.2) is 9.97 Å². The third-order valence-electron chi connectivity index (χ3n) is 6.64. The van der Waals surface area contributed by atoms with Crippen molar-refractivity contribution < 1.29 is 0 Å². The number of likely N-dealkylation sites (N-methyl/N-ethyl adjacent to an activating group) is 1. The minimum absolute atomic E-state index is 0.412. The minimum Gasteiger partial charge on any atom is -0.353 e.